The molecule has 0 atom stereocenters. The van der Waals surface area contributed by atoms with Crippen LogP contribution in [0.2, 0.25) is 0 Å². The molecule has 0 saturated carbocycles. The van der Waals surface area contributed by atoms with Gasteiger partial charge in [0.05, 0.1) is 12.6 Å². The Morgan fingerprint density at radius 2 is 1.68 bits per heavy atom. The minimum atomic E-state index is -0.233. The number of aromatic amines is 1. The van der Waals surface area contributed by atoms with Crippen LogP contribution in [-0.2, 0) is 12.0 Å². The highest BCUT2D eigenvalue weighted by Gasteiger charge is 2.25. The Balaban J connectivity index is 1.68. The molecule has 2 aromatic heterocycles. The van der Waals surface area contributed by atoms with Crippen LogP contribution in [-0.4, -0.2) is 35.0 Å². The Labute approximate surface area is 180 Å². The van der Waals surface area contributed by atoms with E-state index in [0.29, 0.717) is 12.4 Å². The highest BCUT2D eigenvalue weighted by molar-refractivity contribution is 5.80. The first kappa shape index (κ1) is 20.7. The third-order valence-corrected chi connectivity index (χ3v) is 5.16. The lowest BCUT2D eigenvalue weighted by Gasteiger charge is -2.18. The van der Waals surface area contributed by atoms with Crippen LogP contribution >= 0.6 is 0 Å². The molecular weight excluding hydrogens is 390 g/mol. The van der Waals surface area contributed by atoms with E-state index in [1.807, 2.05) is 50.2 Å². The summed E-state index contributed by atoms with van der Waals surface area (Å²) in [7, 11) is 0. The van der Waals surface area contributed by atoms with Crippen molar-refractivity contribution in [1.82, 2.24) is 35.0 Å². The quantitative estimate of drug-likeness (QED) is 0.533. The number of hydrogen-bond donors (Lipinski definition) is 1. The fourth-order valence-electron chi connectivity index (χ4n) is 3.62. The summed E-state index contributed by atoms with van der Waals surface area (Å²) < 4.78 is 3.35. The average molecular weight is 418 g/mol. The van der Waals surface area contributed by atoms with Crippen LogP contribution in [0.1, 0.15) is 52.0 Å². The molecule has 2 heterocycles. The van der Waals surface area contributed by atoms with Gasteiger partial charge in [0.25, 0.3) is 0 Å². The van der Waals surface area contributed by atoms with Gasteiger partial charge in [-0.3, -0.25) is 4.57 Å². The molecule has 0 radical (unpaired) electrons. The van der Waals surface area contributed by atoms with E-state index in [9.17, 15) is 4.79 Å². The van der Waals surface area contributed by atoms with Gasteiger partial charge in [-0.25, -0.2) is 9.48 Å². The van der Waals surface area contributed by atoms with E-state index in [1.54, 1.807) is 9.25 Å². The first-order valence-corrected chi connectivity index (χ1v) is 10.4. The number of rotatable bonds is 5. The summed E-state index contributed by atoms with van der Waals surface area (Å²) in [5.74, 6) is 1.35. The van der Waals surface area contributed by atoms with Gasteiger partial charge >= 0.3 is 5.69 Å². The maximum Gasteiger partial charge on any atom is 0.346 e. The lowest BCUT2D eigenvalue weighted by atomic mass is 9.95. The Hall–Kier alpha value is -3.55. The lowest BCUT2D eigenvalue weighted by molar-refractivity contribution is 0.483. The summed E-state index contributed by atoms with van der Waals surface area (Å²) in [6.07, 6.45) is 0. The molecule has 0 amide bonds. The largest absolute Gasteiger partial charge is 0.346 e. The summed E-state index contributed by atoms with van der Waals surface area (Å²) in [5, 5.41) is 19.0. The molecule has 0 bridgehead atoms. The molecular formula is C23H27N7O. The summed E-state index contributed by atoms with van der Waals surface area (Å²) >= 11 is 0. The van der Waals surface area contributed by atoms with E-state index in [-0.39, 0.29) is 17.1 Å². The lowest BCUT2D eigenvalue weighted by Crippen LogP contribution is -2.28. The van der Waals surface area contributed by atoms with Gasteiger partial charge < -0.3 is 0 Å². The van der Waals surface area contributed by atoms with E-state index in [2.05, 4.69) is 58.6 Å². The van der Waals surface area contributed by atoms with Gasteiger partial charge in [-0.05, 0) is 35.8 Å². The van der Waals surface area contributed by atoms with Crippen molar-refractivity contribution in [2.45, 2.75) is 52.6 Å². The van der Waals surface area contributed by atoms with Crippen molar-refractivity contribution < 1.29 is 0 Å². The molecule has 4 aromatic rings. The third-order valence-electron chi connectivity index (χ3n) is 5.16. The minimum Gasteiger partial charge on any atom is -0.274 e. The van der Waals surface area contributed by atoms with Crippen LogP contribution in [0, 0.1) is 0 Å². The first-order chi connectivity index (χ1) is 14.8. The molecule has 31 heavy (non-hydrogen) atoms. The second kappa shape index (κ2) is 7.94. The standard InChI is InChI=1S/C23H27N7O/c1-15(2)30-22(31)29(21(26-30)23(3,4)5)14-16-10-12-17(13-11-16)18-8-6-7-9-19(18)20-24-27-28-25-20/h6-13,15H,14H2,1-5H3,(H,24,25,27,28). The van der Waals surface area contributed by atoms with Crippen molar-refractivity contribution in [3.05, 3.63) is 70.4 Å². The third kappa shape index (κ3) is 4.05. The second-order valence-corrected chi connectivity index (χ2v) is 8.96. The maximum atomic E-state index is 13.0. The van der Waals surface area contributed by atoms with E-state index in [4.69, 9.17) is 0 Å². The summed E-state index contributed by atoms with van der Waals surface area (Å²) in [6.45, 7) is 10.7. The van der Waals surface area contributed by atoms with E-state index in [1.165, 1.54) is 0 Å². The molecule has 160 valence electrons. The van der Waals surface area contributed by atoms with Gasteiger partial charge in [0, 0.05) is 11.0 Å². The topological polar surface area (TPSA) is 94.3 Å². The molecule has 0 aliphatic carbocycles. The number of hydrogen-bond acceptors (Lipinski definition) is 5. The Morgan fingerprint density at radius 1 is 1.00 bits per heavy atom. The van der Waals surface area contributed by atoms with Crippen LogP contribution in [0.4, 0.5) is 0 Å². The van der Waals surface area contributed by atoms with E-state index in [0.717, 1.165) is 28.1 Å². The molecule has 4 rings (SSSR count). The fourth-order valence-corrected chi connectivity index (χ4v) is 3.62. The first-order valence-electron chi connectivity index (χ1n) is 10.4. The second-order valence-electron chi connectivity index (χ2n) is 8.96. The Bertz CT molecular complexity index is 1230. The van der Waals surface area contributed by atoms with Crippen molar-refractivity contribution >= 4 is 0 Å². The van der Waals surface area contributed by atoms with Crippen LogP contribution < -0.4 is 5.69 Å². The molecule has 0 unspecified atom stereocenters. The zero-order chi connectivity index (χ0) is 22.2. The van der Waals surface area contributed by atoms with Crippen LogP contribution in [0.15, 0.2) is 53.3 Å². The van der Waals surface area contributed by atoms with Gasteiger partial charge in [-0.15, -0.1) is 10.2 Å². The van der Waals surface area contributed by atoms with Gasteiger partial charge in [-0.1, -0.05) is 69.3 Å². The van der Waals surface area contributed by atoms with E-state index >= 15 is 0 Å². The SMILES string of the molecule is CC(C)n1nc(C(C)(C)C)n(Cc2ccc(-c3ccccc3-c3nn[nH]n3)cc2)c1=O. The number of benzene rings is 2. The van der Waals surface area contributed by atoms with Gasteiger partial charge in [0.2, 0.25) is 5.82 Å². The number of nitrogens with zero attached hydrogens (tertiary/aromatic N) is 6. The number of tetrazole rings is 1. The molecule has 8 heteroatoms. The Kier molecular flexibility index (Phi) is 5.31. The number of nitrogens with one attached hydrogen (secondary N) is 1. The van der Waals surface area contributed by atoms with Crippen molar-refractivity contribution in [3.63, 3.8) is 0 Å². The van der Waals surface area contributed by atoms with Gasteiger partial charge in [-0.2, -0.15) is 10.3 Å². The highest BCUT2D eigenvalue weighted by atomic mass is 16.2. The van der Waals surface area contributed by atoms with Crippen molar-refractivity contribution in [3.8, 4) is 22.5 Å². The Morgan fingerprint density at radius 3 is 2.26 bits per heavy atom. The zero-order valence-electron chi connectivity index (χ0n) is 18.5. The summed E-state index contributed by atoms with van der Waals surface area (Å²) in [6, 6.07) is 16.2. The van der Waals surface area contributed by atoms with Crippen LogP contribution in [0.25, 0.3) is 22.5 Å². The predicted octanol–water partition coefficient (Wildman–Crippen LogP) is 3.82. The van der Waals surface area contributed by atoms with Crippen molar-refractivity contribution in [2.75, 3.05) is 0 Å². The van der Waals surface area contributed by atoms with Crippen LogP contribution in [0.5, 0.6) is 0 Å². The van der Waals surface area contributed by atoms with Crippen molar-refractivity contribution in [2.24, 2.45) is 0 Å². The molecule has 0 fully saturated rings. The van der Waals surface area contributed by atoms with Crippen LogP contribution in [0.3, 0.4) is 0 Å². The van der Waals surface area contributed by atoms with Crippen molar-refractivity contribution in [1.29, 1.82) is 0 Å². The number of aromatic nitrogens is 7. The normalized spacial score (nSPS) is 11.9. The minimum absolute atomic E-state index is 0.0128. The molecule has 8 nitrogen and oxygen atoms in total. The van der Waals surface area contributed by atoms with Gasteiger partial charge in [0.1, 0.15) is 5.82 Å². The van der Waals surface area contributed by atoms with E-state index < -0.39 is 0 Å². The average Bonchev–Trinajstić information content (AvgIpc) is 3.37. The number of H-pyrrole nitrogens is 1. The zero-order valence-corrected chi connectivity index (χ0v) is 18.5. The molecule has 1 N–H and O–H groups in total. The maximum absolute atomic E-state index is 13.0. The molecule has 0 spiro atoms. The summed E-state index contributed by atoms with van der Waals surface area (Å²) in [5.41, 5.74) is 3.71. The molecule has 0 aliphatic heterocycles. The van der Waals surface area contributed by atoms with Gasteiger partial charge in [0.15, 0.2) is 0 Å². The molecule has 0 saturated heterocycles. The summed E-state index contributed by atoms with van der Waals surface area (Å²) in [4.78, 5) is 13.0. The molecule has 2 aromatic carbocycles. The fraction of sp³-hybridized carbons (Fsp3) is 0.348. The monoisotopic (exact) mass is 417 g/mol. The predicted molar refractivity (Wildman–Crippen MR) is 120 cm³/mol. The highest BCUT2D eigenvalue weighted by Crippen LogP contribution is 2.30. The smallest absolute Gasteiger partial charge is 0.274 e. The molecule has 0 aliphatic rings.